The smallest absolute Gasteiger partial charge is 0.127 e. The molecule has 0 amide bonds. The van der Waals surface area contributed by atoms with Gasteiger partial charge in [-0.3, -0.25) is 0 Å². The van der Waals surface area contributed by atoms with Crippen molar-refractivity contribution in [1.29, 1.82) is 0 Å². The van der Waals surface area contributed by atoms with Crippen LogP contribution in [0.5, 0.6) is 17.2 Å². The second-order valence-corrected chi connectivity index (χ2v) is 5.29. The van der Waals surface area contributed by atoms with Crippen molar-refractivity contribution in [2.45, 2.75) is 19.4 Å². The van der Waals surface area contributed by atoms with Crippen molar-refractivity contribution < 1.29 is 14.6 Å². The quantitative estimate of drug-likeness (QED) is 0.904. The normalized spacial score (nSPS) is 20.9. The lowest BCUT2D eigenvalue weighted by molar-refractivity contribution is 0.123. The number of ether oxygens (including phenoxy) is 2. The Morgan fingerprint density at radius 3 is 2.60 bits per heavy atom. The van der Waals surface area contributed by atoms with E-state index in [0.29, 0.717) is 5.92 Å². The van der Waals surface area contributed by atoms with E-state index in [1.54, 1.807) is 19.2 Å². The van der Waals surface area contributed by atoms with Crippen LogP contribution in [0.2, 0.25) is 0 Å². The van der Waals surface area contributed by atoms with E-state index in [-0.39, 0.29) is 11.9 Å². The van der Waals surface area contributed by atoms with E-state index in [1.165, 1.54) is 5.56 Å². The van der Waals surface area contributed by atoms with Crippen molar-refractivity contribution in [2.75, 3.05) is 7.11 Å². The summed E-state index contributed by atoms with van der Waals surface area (Å²) in [5, 5.41) is 9.38. The van der Waals surface area contributed by atoms with Gasteiger partial charge in [0.1, 0.15) is 23.4 Å². The van der Waals surface area contributed by atoms with E-state index >= 15 is 0 Å². The standard InChI is InChI=1S/C17H18O3/c1-11-9-13-10-15(19-2)7-8-16(13)20-17(11)12-3-5-14(18)6-4-12/h3-8,10-11,17-18H,9H2,1-2H3. The second kappa shape index (κ2) is 5.08. The number of methoxy groups -OCH3 is 1. The first kappa shape index (κ1) is 12.9. The van der Waals surface area contributed by atoms with Crippen LogP contribution in [-0.2, 0) is 6.42 Å². The second-order valence-electron chi connectivity index (χ2n) is 5.29. The van der Waals surface area contributed by atoms with Crippen LogP contribution < -0.4 is 9.47 Å². The maximum absolute atomic E-state index is 9.38. The maximum Gasteiger partial charge on any atom is 0.127 e. The Morgan fingerprint density at radius 1 is 1.15 bits per heavy atom. The minimum atomic E-state index is 0.0245. The molecule has 0 aliphatic carbocycles. The highest BCUT2D eigenvalue weighted by Gasteiger charge is 2.28. The van der Waals surface area contributed by atoms with Crippen molar-refractivity contribution in [1.82, 2.24) is 0 Å². The summed E-state index contributed by atoms with van der Waals surface area (Å²) < 4.78 is 11.4. The van der Waals surface area contributed by atoms with Crippen molar-refractivity contribution in [3.8, 4) is 17.2 Å². The third kappa shape index (κ3) is 2.31. The number of fused-ring (bicyclic) bond motifs is 1. The first-order valence-corrected chi connectivity index (χ1v) is 6.80. The van der Waals surface area contributed by atoms with Gasteiger partial charge in [-0.15, -0.1) is 0 Å². The van der Waals surface area contributed by atoms with Crippen LogP contribution in [0, 0.1) is 5.92 Å². The predicted octanol–water partition coefficient (Wildman–Crippen LogP) is 3.71. The molecule has 104 valence electrons. The van der Waals surface area contributed by atoms with Gasteiger partial charge in [-0.25, -0.2) is 0 Å². The number of hydrogen-bond acceptors (Lipinski definition) is 3. The van der Waals surface area contributed by atoms with Gasteiger partial charge in [0, 0.05) is 5.92 Å². The van der Waals surface area contributed by atoms with Gasteiger partial charge in [0.05, 0.1) is 7.11 Å². The van der Waals surface area contributed by atoms with Crippen LogP contribution in [-0.4, -0.2) is 12.2 Å². The Hall–Kier alpha value is -2.16. The minimum absolute atomic E-state index is 0.0245. The van der Waals surface area contributed by atoms with Gasteiger partial charge in [-0.1, -0.05) is 19.1 Å². The first-order valence-electron chi connectivity index (χ1n) is 6.80. The molecule has 2 atom stereocenters. The molecule has 1 N–H and O–H groups in total. The molecule has 0 radical (unpaired) electrons. The third-order valence-corrected chi connectivity index (χ3v) is 3.80. The van der Waals surface area contributed by atoms with E-state index in [0.717, 1.165) is 23.5 Å². The molecule has 2 unspecified atom stereocenters. The SMILES string of the molecule is COc1ccc2c(c1)CC(C)C(c1ccc(O)cc1)O2. The van der Waals surface area contributed by atoms with Crippen LogP contribution in [0.3, 0.4) is 0 Å². The molecular weight excluding hydrogens is 252 g/mol. The summed E-state index contributed by atoms with van der Waals surface area (Å²) in [6.07, 6.45) is 0.981. The molecule has 20 heavy (non-hydrogen) atoms. The highest BCUT2D eigenvalue weighted by molar-refractivity contribution is 5.43. The van der Waals surface area contributed by atoms with Gasteiger partial charge in [0.2, 0.25) is 0 Å². The molecule has 1 aliphatic rings. The zero-order valence-electron chi connectivity index (χ0n) is 11.7. The molecular formula is C17H18O3. The molecule has 1 aliphatic heterocycles. The van der Waals surface area contributed by atoms with Crippen LogP contribution >= 0.6 is 0 Å². The molecule has 0 fully saturated rings. The summed E-state index contributed by atoms with van der Waals surface area (Å²) in [7, 11) is 1.67. The van der Waals surface area contributed by atoms with Crippen LogP contribution in [0.1, 0.15) is 24.2 Å². The molecule has 2 aromatic carbocycles. The highest BCUT2D eigenvalue weighted by atomic mass is 16.5. The van der Waals surface area contributed by atoms with Gasteiger partial charge in [-0.2, -0.15) is 0 Å². The van der Waals surface area contributed by atoms with Crippen LogP contribution in [0.15, 0.2) is 42.5 Å². The Balaban J connectivity index is 1.90. The Labute approximate surface area is 118 Å². The fraction of sp³-hybridized carbons (Fsp3) is 0.294. The molecule has 3 heteroatoms. The summed E-state index contributed by atoms with van der Waals surface area (Å²) in [6.45, 7) is 2.18. The highest BCUT2D eigenvalue weighted by Crippen LogP contribution is 2.40. The average Bonchev–Trinajstić information content (AvgIpc) is 2.47. The monoisotopic (exact) mass is 270 g/mol. The van der Waals surface area contributed by atoms with Gasteiger partial charge in [-0.05, 0) is 47.9 Å². The summed E-state index contributed by atoms with van der Waals surface area (Å²) in [4.78, 5) is 0. The molecule has 0 saturated heterocycles. The Morgan fingerprint density at radius 2 is 1.90 bits per heavy atom. The molecule has 1 heterocycles. The van der Waals surface area contributed by atoms with Gasteiger partial charge in [0.25, 0.3) is 0 Å². The Kier molecular flexibility index (Phi) is 3.26. The van der Waals surface area contributed by atoms with E-state index in [9.17, 15) is 5.11 Å². The summed E-state index contributed by atoms with van der Waals surface area (Å²) in [5.41, 5.74) is 2.28. The summed E-state index contributed by atoms with van der Waals surface area (Å²) in [5.74, 6) is 2.44. The first-order chi connectivity index (χ1) is 9.67. The fourth-order valence-electron chi connectivity index (χ4n) is 2.72. The third-order valence-electron chi connectivity index (χ3n) is 3.80. The van der Waals surface area contributed by atoms with Crippen molar-refractivity contribution in [3.05, 3.63) is 53.6 Å². The average molecular weight is 270 g/mol. The lowest BCUT2D eigenvalue weighted by Crippen LogP contribution is -2.23. The molecule has 0 saturated carbocycles. The molecule has 0 spiro atoms. The largest absolute Gasteiger partial charge is 0.508 e. The maximum atomic E-state index is 9.38. The van der Waals surface area contributed by atoms with E-state index in [2.05, 4.69) is 6.92 Å². The number of hydrogen-bond donors (Lipinski definition) is 1. The van der Waals surface area contributed by atoms with Crippen molar-refractivity contribution >= 4 is 0 Å². The number of phenolic OH excluding ortho intramolecular Hbond substituents is 1. The molecule has 3 rings (SSSR count). The minimum Gasteiger partial charge on any atom is -0.508 e. The van der Waals surface area contributed by atoms with Gasteiger partial charge < -0.3 is 14.6 Å². The number of aromatic hydroxyl groups is 1. The Bertz CT molecular complexity index is 604. The molecule has 0 aromatic heterocycles. The van der Waals surface area contributed by atoms with Crippen molar-refractivity contribution in [2.24, 2.45) is 5.92 Å². The zero-order chi connectivity index (χ0) is 14.1. The lowest BCUT2D eigenvalue weighted by atomic mass is 9.88. The van der Waals surface area contributed by atoms with Crippen molar-refractivity contribution in [3.63, 3.8) is 0 Å². The predicted molar refractivity (Wildman–Crippen MR) is 77.3 cm³/mol. The summed E-state index contributed by atoms with van der Waals surface area (Å²) >= 11 is 0. The number of phenols is 1. The summed E-state index contributed by atoms with van der Waals surface area (Å²) in [6, 6.07) is 13.2. The van der Waals surface area contributed by atoms with Crippen LogP contribution in [0.25, 0.3) is 0 Å². The molecule has 2 aromatic rings. The molecule has 0 bridgehead atoms. The number of benzene rings is 2. The van der Waals surface area contributed by atoms with Gasteiger partial charge in [0.15, 0.2) is 0 Å². The fourth-order valence-corrected chi connectivity index (χ4v) is 2.72. The van der Waals surface area contributed by atoms with Gasteiger partial charge >= 0.3 is 0 Å². The van der Waals surface area contributed by atoms with E-state index < -0.39 is 0 Å². The lowest BCUT2D eigenvalue weighted by Gasteiger charge is -2.32. The van der Waals surface area contributed by atoms with Crippen LogP contribution in [0.4, 0.5) is 0 Å². The molecule has 3 nitrogen and oxygen atoms in total. The van der Waals surface area contributed by atoms with E-state index in [4.69, 9.17) is 9.47 Å². The number of rotatable bonds is 2. The topological polar surface area (TPSA) is 38.7 Å². The zero-order valence-corrected chi connectivity index (χ0v) is 11.7. The van der Waals surface area contributed by atoms with E-state index in [1.807, 2.05) is 30.3 Å².